The van der Waals surface area contributed by atoms with Crippen molar-refractivity contribution in [1.82, 2.24) is 9.80 Å². The summed E-state index contributed by atoms with van der Waals surface area (Å²) in [5.74, 6) is -0.100. The minimum atomic E-state index is -0.341. The number of fused-ring (bicyclic) bond motifs is 3. The van der Waals surface area contributed by atoms with E-state index in [0.717, 1.165) is 54.1 Å². The maximum atomic E-state index is 14.3. The van der Waals surface area contributed by atoms with Crippen LogP contribution >= 0.6 is 15.9 Å². The van der Waals surface area contributed by atoms with E-state index < -0.39 is 0 Å². The number of amides is 1. The summed E-state index contributed by atoms with van der Waals surface area (Å²) in [7, 11) is 4.20. The van der Waals surface area contributed by atoms with Crippen molar-refractivity contribution in [3.8, 4) is 0 Å². The maximum absolute atomic E-state index is 14.3. The van der Waals surface area contributed by atoms with Crippen molar-refractivity contribution in [1.29, 1.82) is 0 Å². The molecule has 1 saturated carbocycles. The first-order chi connectivity index (χ1) is 17.9. The Morgan fingerprint density at radius 3 is 2.41 bits per heavy atom. The Balaban J connectivity index is 1.44. The van der Waals surface area contributed by atoms with Gasteiger partial charge in [0.15, 0.2) is 0 Å². The molecule has 6 rings (SSSR count). The molecule has 0 saturated heterocycles. The van der Waals surface area contributed by atoms with E-state index in [0.29, 0.717) is 6.54 Å². The second-order valence-corrected chi connectivity index (χ2v) is 11.8. The third-order valence-electron chi connectivity index (χ3n) is 9.21. The highest BCUT2D eigenvalue weighted by Gasteiger charge is 2.54. The van der Waals surface area contributed by atoms with Gasteiger partial charge in [0, 0.05) is 16.6 Å². The molecule has 0 radical (unpaired) electrons. The molecule has 37 heavy (non-hydrogen) atoms. The van der Waals surface area contributed by atoms with Gasteiger partial charge in [-0.1, -0.05) is 48.5 Å². The lowest BCUT2D eigenvalue weighted by atomic mass is 9.63. The first-order valence-corrected chi connectivity index (χ1v) is 14.0. The van der Waals surface area contributed by atoms with E-state index in [2.05, 4.69) is 70.2 Å². The predicted molar refractivity (Wildman–Crippen MR) is 150 cm³/mol. The molecule has 2 aliphatic carbocycles. The molecule has 5 heteroatoms. The van der Waals surface area contributed by atoms with Crippen LogP contribution in [0.15, 0.2) is 82.8 Å². The highest BCUT2D eigenvalue weighted by atomic mass is 79.9. The Kier molecular flexibility index (Phi) is 6.12. The summed E-state index contributed by atoms with van der Waals surface area (Å²) >= 11 is 3.63. The molecule has 0 unspecified atom stereocenters. The zero-order valence-corrected chi connectivity index (χ0v) is 23.0. The van der Waals surface area contributed by atoms with Gasteiger partial charge in [-0.05, 0) is 121 Å². The van der Waals surface area contributed by atoms with Gasteiger partial charge in [-0.25, -0.2) is 4.39 Å². The van der Waals surface area contributed by atoms with Gasteiger partial charge in [-0.3, -0.25) is 9.69 Å². The lowest BCUT2D eigenvalue weighted by Crippen LogP contribution is -2.60. The molecule has 3 aliphatic rings. The minimum absolute atomic E-state index is 0.0955. The molecule has 3 nitrogen and oxygen atoms in total. The van der Waals surface area contributed by atoms with Crippen LogP contribution in [0.25, 0.3) is 5.57 Å². The first kappa shape index (κ1) is 24.6. The summed E-state index contributed by atoms with van der Waals surface area (Å²) < 4.78 is 15.2. The molecule has 1 spiro atoms. The molecule has 3 aromatic carbocycles. The maximum Gasteiger partial charge on any atom is 0.255 e. The first-order valence-electron chi connectivity index (χ1n) is 13.2. The number of nitrogens with zero attached hydrogens (tertiary/aromatic N) is 2. The van der Waals surface area contributed by atoms with Crippen LogP contribution in [0.3, 0.4) is 0 Å². The Morgan fingerprint density at radius 1 is 0.946 bits per heavy atom. The topological polar surface area (TPSA) is 23.6 Å². The molecule has 0 bridgehead atoms. The number of benzene rings is 3. The van der Waals surface area contributed by atoms with Crippen LogP contribution < -0.4 is 0 Å². The van der Waals surface area contributed by atoms with Crippen molar-refractivity contribution >= 4 is 27.4 Å². The number of hydrogen-bond acceptors (Lipinski definition) is 2. The highest BCUT2D eigenvalue weighted by molar-refractivity contribution is 9.10. The van der Waals surface area contributed by atoms with Gasteiger partial charge < -0.3 is 4.90 Å². The summed E-state index contributed by atoms with van der Waals surface area (Å²) in [5.41, 5.74) is 6.73. The van der Waals surface area contributed by atoms with E-state index in [4.69, 9.17) is 0 Å². The number of hydrogen-bond donors (Lipinski definition) is 0. The number of carbonyl (C=O) groups excluding carboxylic acids is 1. The minimum Gasteiger partial charge on any atom is -0.329 e. The fourth-order valence-electron chi connectivity index (χ4n) is 7.26. The van der Waals surface area contributed by atoms with Crippen molar-refractivity contribution in [2.75, 3.05) is 20.6 Å². The summed E-state index contributed by atoms with van der Waals surface area (Å²) in [6.45, 7) is 0.711. The molecule has 1 amide bonds. The van der Waals surface area contributed by atoms with Crippen molar-refractivity contribution in [3.63, 3.8) is 0 Å². The summed E-state index contributed by atoms with van der Waals surface area (Å²) in [6.07, 6.45) is 5.20. The molecular weight excluding hydrogens is 527 g/mol. The highest BCUT2D eigenvalue weighted by Crippen LogP contribution is 2.55. The summed E-state index contributed by atoms with van der Waals surface area (Å²) in [6, 6.07) is 23.6. The van der Waals surface area contributed by atoms with Gasteiger partial charge in [-0.15, -0.1) is 0 Å². The number of carbonyl (C=O) groups is 1. The van der Waals surface area contributed by atoms with Gasteiger partial charge in [-0.2, -0.15) is 0 Å². The zero-order valence-electron chi connectivity index (χ0n) is 21.4. The van der Waals surface area contributed by atoms with Crippen LogP contribution in [-0.2, 0) is 12.0 Å². The number of rotatable bonds is 3. The van der Waals surface area contributed by atoms with Gasteiger partial charge >= 0.3 is 0 Å². The Labute approximate surface area is 227 Å². The smallest absolute Gasteiger partial charge is 0.255 e. The van der Waals surface area contributed by atoms with E-state index >= 15 is 0 Å². The second-order valence-electron chi connectivity index (χ2n) is 10.9. The molecular formula is C32H32BrFN2O. The molecule has 1 aliphatic heterocycles. The van der Waals surface area contributed by atoms with E-state index in [1.165, 1.54) is 28.3 Å². The van der Waals surface area contributed by atoms with Crippen molar-refractivity contribution < 1.29 is 9.18 Å². The molecule has 190 valence electrons. The third kappa shape index (κ3) is 3.81. The second kappa shape index (κ2) is 9.21. The summed E-state index contributed by atoms with van der Waals surface area (Å²) in [5, 5.41) is 0. The van der Waals surface area contributed by atoms with E-state index in [1.807, 2.05) is 30.3 Å². The fraction of sp³-hybridized carbons (Fsp3) is 0.344. The van der Waals surface area contributed by atoms with Gasteiger partial charge in [0.25, 0.3) is 5.91 Å². The van der Waals surface area contributed by atoms with Gasteiger partial charge in [0.05, 0.1) is 11.1 Å². The van der Waals surface area contributed by atoms with Gasteiger partial charge in [0.2, 0.25) is 0 Å². The molecule has 3 aromatic rings. The molecule has 0 atom stereocenters. The lowest BCUT2D eigenvalue weighted by molar-refractivity contribution is 0.00709. The Morgan fingerprint density at radius 2 is 1.68 bits per heavy atom. The number of halogens is 2. The molecule has 1 heterocycles. The normalized spacial score (nSPS) is 24.9. The standard InChI is InChI=1S/C32H32BrFN2O/c1-35(2)31(23-9-7-10-24(34)21-23)15-17-32(18-16-31)28-20-22-8-3-4-11-25(22)26(28)14-19-36(32)30(37)27-12-5-6-13-29(27)33/h3-13,21H,14-20H2,1-2H3. The van der Waals surface area contributed by atoms with Crippen LogP contribution in [0.1, 0.15) is 59.2 Å². The Bertz CT molecular complexity index is 1400. The predicted octanol–water partition coefficient (Wildman–Crippen LogP) is 7.21. The zero-order chi connectivity index (χ0) is 25.8. The monoisotopic (exact) mass is 558 g/mol. The van der Waals surface area contributed by atoms with E-state index in [9.17, 15) is 9.18 Å². The Hall–Kier alpha value is -2.76. The summed E-state index contributed by atoms with van der Waals surface area (Å²) in [4.78, 5) is 18.6. The average Bonchev–Trinajstić information content (AvgIpc) is 3.29. The van der Waals surface area contributed by atoms with Crippen molar-refractivity contribution in [2.24, 2.45) is 0 Å². The van der Waals surface area contributed by atoms with E-state index in [1.54, 1.807) is 6.07 Å². The largest absolute Gasteiger partial charge is 0.329 e. The molecule has 0 aromatic heterocycles. The van der Waals surface area contributed by atoms with Crippen LogP contribution in [0.5, 0.6) is 0 Å². The van der Waals surface area contributed by atoms with Crippen LogP contribution in [0, 0.1) is 5.82 Å². The SMILES string of the molecule is CN(C)C1(c2cccc(F)c2)CCC2(CC1)C1=C(CCN2C(=O)c2ccccc2Br)c2ccccc2C1. The average molecular weight is 560 g/mol. The lowest BCUT2D eigenvalue weighted by Gasteiger charge is -2.56. The molecule has 0 N–H and O–H groups in total. The fourth-order valence-corrected chi connectivity index (χ4v) is 7.71. The van der Waals surface area contributed by atoms with Crippen molar-refractivity contribution in [2.45, 2.75) is 49.6 Å². The molecule has 1 fully saturated rings. The van der Waals surface area contributed by atoms with Crippen LogP contribution in [0.4, 0.5) is 4.39 Å². The van der Waals surface area contributed by atoms with E-state index in [-0.39, 0.29) is 22.8 Å². The van der Waals surface area contributed by atoms with Crippen molar-refractivity contribution in [3.05, 3.63) is 111 Å². The third-order valence-corrected chi connectivity index (χ3v) is 9.90. The van der Waals surface area contributed by atoms with Gasteiger partial charge in [0.1, 0.15) is 5.82 Å². The van der Waals surface area contributed by atoms with Crippen LogP contribution in [-0.4, -0.2) is 41.9 Å². The quantitative estimate of drug-likeness (QED) is 0.339. The van der Waals surface area contributed by atoms with Crippen LogP contribution in [0.2, 0.25) is 0 Å².